The summed E-state index contributed by atoms with van der Waals surface area (Å²) in [4.78, 5) is 21.3. The summed E-state index contributed by atoms with van der Waals surface area (Å²) in [5, 5.41) is 10.1. The van der Waals surface area contributed by atoms with Crippen molar-refractivity contribution in [2.24, 2.45) is 5.92 Å². The van der Waals surface area contributed by atoms with Crippen LogP contribution in [0.3, 0.4) is 0 Å². The van der Waals surface area contributed by atoms with E-state index in [0.717, 1.165) is 31.6 Å². The highest BCUT2D eigenvalue weighted by molar-refractivity contribution is 5.96. The molecule has 3 heterocycles. The van der Waals surface area contributed by atoms with Gasteiger partial charge in [0.15, 0.2) is 5.65 Å². The standard InChI is InChI=1S/C19H21N5O3/c1-26-15-5-3-2-4-13(15)16-17-18(24-23-16)20-11-14(22-17)19(25)21-10-12-6-8-27-9-7-12/h2-5,11-12H,6-10H2,1H3,(H,21,25)(H,20,23,24). The fourth-order valence-corrected chi connectivity index (χ4v) is 3.22. The van der Waals surface area contributed by atoms with E-state index in [9.17, 15) is 4.79 Å². The van der Waals surface area contributed by atoms with Gasteiger partial charge in [-0.15, -0.1) is 0 Å². The van der Waals surface area contributed by atoms with Gasteiger partial charge in [0.2, 0.25) is 0 Å². The molecule has 8 nitrogen and oxygen atoms in total. The lowest BCUT2D eigenvalue weighted by Gasteiger charge is -2.21. The van der Waals surface area contributed by atoms with E-state index in [0.29, 0.717) is 35.1 Å². The van der Waals surface area contributed by atoms with E-state index in [1.807, 2.05) is 24.3 Å². The number of para-hydroxylation sites is 1. The summed E-state index contributed by atoms with van der Waals surface area (Å²) in [6.07, 6.45) is 3.38. The minimum absolute atomic E-state index is 0.233. The molecule has 0 bridgehead atoms. The number of methoxy groups -OCH3 is 1. The molecule has 1 amide bonds. The van der Waals surface area contributed by atoms with Gasteiger partial charge in [-0.1, -0.05) is 12.1 Å². The fourth-order valence-electron chi connectivity index (χ4n) is 3.22. The molecular weight excluding hydrogens is 346 g/mol. The number of amides is 1. The molecule has 0 spiro atoms. The molecule has 0 aliphatic carbocycles. The Morgan fingerprint density at radius 3 is 2.96 bits per heavy atom. The van der Waals surface area contributed by atoms with Gasteiger partial charge in [0.25, 0.3) is 5.91 Å². The largest absolute Gasteiger partial charge is 0.496 e. The third-order valence-electron chi connectivity index (χ3n) is 4.76. The molecule has 1 aromatic carbocycles. The number of ether oxygens (including phenoxy) is 2. The molecule has 1 aliphatic heterocycles. The normalized spacial score (nSPS) is 15.0. The van der Waals surface area contributed by atoms with E-state index in [-0.39, 0.29) is 11.6 Å². The zero-order chi connectivity index (χ0) is 18.6. The highest BCUT2D eigenvalue weighted by Gasteiger charge is 2.19. The molecule has 1 aliphatic rings. The number of carbonyl (C=O) groups is 1. The van der Waals surface area contributed by atoms with Crippen LogP contribution in [0.4, 0.5) is 0 Å². The van der Waals surface area contributed by atoms with Gasteiger partial charge in [-0.2, -0.15) is 5.10 Å². The second-order valence-electron chi connectivity index (χ2n) is 6.49. The fraction of sp³-hybridized carbons (Fsp3) is 0.368. The van der Waals surface area contributed by atoms with Crippen LogP contribution in [-0.2, 0) is 4.74 Å². The van der Waals surface area contributed by atoms with Gasteiger partial charge in [-0.3, -0.25) is 9.89 Å². The molecule has 0 radical (unpaired) electrons. The van der Waals surface area contributed by atoms with Gasteiger partial charge in [-0.05, 0) is 30.9 Å². The molecule has 1 saturated heterocycles. The average molecular weight is 367 g/mol. The smallest absolute Gasteiger partial charge is 0.271 e. The molecule has 0 unspecified atom stereocenters. The lowest BCUT2D eigenvalue weighted by molar-refractivity contribution is 0.0642. The first kappa shape index (κ1) is 17.4. The average Bonchev–Trinajstić information content (AvgIpc) is 3.15. The quantitative estimate of drug-likeness (QED) is 0.717. The van der Waals surface area contributed by atoms with E-state index < -0.39 is 0 Å². The van der Waals surface area contributed by atoms with Crippen LogP contribution in [0.5, 0.6) is 5.75 Å². The summed E-state index contributed by atoms with van der Waals surface area (Å²) in [6, 6.07) is 7.56. The van der Waals surface area contributed by atoms with Crippen LogP contribution >= 0.6 is 0 Å². The molecule has 3 aromatic rings. The van der Waals surface area contributed by atoms with Crippen molar-refractivity contribution >= 4 is 17.1 Å². The number of aromatic amines is 1. The molecule has 0 atom stereocenters. The van der Waals surface area contributed by atoms with Crippen LogP contribution < -0.4 is 10.1 Å². The van der Waals surface area contributed by atoms with Crippen LogP contribution in [0.2, 0.25) is 0 Å². The van der Waals surface area contributed by atoms with Crippen molar-refractivity contribution in [2.75, 3.05) is 26.9 Å². The lowest BCUT2D eigenvalue weighted by Crippen LogP contribution is -2.32. The van der Waals surface area contributed by atoms with Crippen LogP contribution in [0, 0.1) is 5.92 Å². The number of carbonyl (C=O) groups excluding carboxylic acids is 1. The number of benzene rings is 1. The minimum Gasteiger partial charge on any atom is -0.496 e. The summed E-state index contributed by atoms with van der Waals surface area (Å²) >= 11 is 0. The predicted molar refractivity (Wildman–Crippen MR) is 99.5 cm³/mol. The van der Waals surface area contributed by atoms with Crippen molar-refractivity contribution in [1.29, 1.82) is 0 Å². The maximum Gasteiger partial charge on any atom is 0.271 e. The van der Waals surface area contributed by atoms with E-state index >= 15 is 0 Å². The van der Waals surface area contributed by atoms with Gasteiger partial charge in [0.05, 0.1) is 19.0 Å². The molecule has 140 valence electrons. The number of fused-ring (bicyclic) bond motifs is 1. The maximum atomic E-state index is 12.5. The third kappa shape index (κ3) is 3.61. The van der Waals surface area contributed by atoms with Crippen LogP contribution in [0.1, 0.15) is 23.3 Å². The topological polar surface area (TPSA) is 102 Å². The Balaban J connectivity index is 1.59. The van der Waals surface area contributed by atoms with Crippen molar-refractivity contribution in [3.8, 4) is 17.0 Å². The number of hydrogen-bond donors (Lipinski definition) is 2. The summed E-state index contributed by atoms with van der Waals surface area (Å²) in [5.41, 5.74) is 2.76. The van der Waals surface area contributed by atoms with Gasteiger partial charge in [-0.25, -0.2) is 9.97 Å². The first-order chi connectivity index (χ1) is 13.3. The Kier molecular flexibility index (Phi) is 4.97. The summed E-state index contributed by atoms with van der Waals surface area (Å²) in [7, 11) is 1.61. The first-order valence-electron chi connectivity index (χ1n) is 8.96. The van der Waals surface area contributed by atoms with Crippen LogP contribution in [-0.4, -0.2) is 52.9 Å². The van der Waals surface area contributed by atoms with Crippen molar-refractivity contribution < 1.29 is 14.3 Å². The number of H-pyrrole nitrogens is 1. The molecule has 0 saturated carbocycles. The Hall–Kier alpha value is -3.00. The molecular formula is C19H21N5O3. The summed E-state index contributed by atoms with van der Waals surface area (Å²) in [5.74, 6) is 0.903. The Morgan fingerprint density at radius 1 is 1.33 bits per heavy atom. The molecule has 1 fully saturated rings. The van der Waals surface area contributed by atoms with E-state index in [1.165, 1.54) is 6.20 Å². The first-order valence-corrected chi connectivity index (χ1v) is 8.96. The van der Waals surface area contributed by atoms with Gasteiger partial charge in [0.1, 0.15) is 17.0 Å². The third-order valence-corrected chi connectivity index (χ3v) is 4.76. The van der Waals surface area contributed by atoms with Crippen molar-refractivity contribution in [2.45, 2.75) is 12.8 Å². The Labute approximate surface area is 156 Å². The molecule has 27 heavy (non-hydrogen) atoms. The predicted octanol–water partition coefficient (Wildman–Crippen LogP) is 2.18. The summed E-state index contributed by atoms with van der Waals surface area (Å²) < 4.78 is 10.8. The Bertz CT molecular complexity index is 949. The number of aromatic nitrogens is 4. The highest BCUT2D eigenvalue weighted by atomic mass is 16.5. The van der Waals surface area contributed by atoms with E-state index in [4.69, 9.17) is 9.47 Å². The maximum absolute atomic E-state index is 12.5. The van der Waals surface area contributed by atoms with Gasteiger partial charge < -0.3 is 14.8 Å². The van der Waals surface area contributed by atoms with Gasteiger partial charge >= 0.3 is 0 Å². The van der Waals surface area contributed by atoms with Crippen molar-refractivity contribution in [3.05, 3.63) is 36.2 Å². The number of nitrogens with one attached hydrogen (secondary N) is 2. The number of nitrogens with zero attached hydrogens (tertiary/aromatic N) is 3. The molecule has 4 rings (SSSR count). The lowest BCUT2D eigenvalue weighted by atomic mass is 10.0. The second kappa shape index (κ2) is 7.71. The van der Waals surface area contributed by atoms with Gasteiger partial charge in [0, 0.05) is 25.3 Å². The molecule has 2 N–H and O–H groups in total. The number of rotatable bonds is 5. The highest BCUT2D eigenvalue weighted by Crippen LogP contribution is 2.31. The van der Waals surface area contributed by atoms with E-state index in [1.54, 1.807) is 7.11 Å². The monoisotopic (exact) mass is 367 g/mol. The summed E-state index contributed by atoms with van der Waals surface area (Å²) in [6.45, 7) is 2.12. The molecule has 2 aromatic heterocycles. The SMILES string of the molecule is COc1ccccc1-c1[nH]nc2ncc(C(=O)NCC3CCOCC3)nc12. The van der Waals surface area contributed by atoms with Crippen LogP contribution in [0.25, 0.3) is 22.4 Å². The van der Waals surface area contributed by atoms with Crippen LogP contribution in [0.15, 0.2) is 30.5 Å². The zero-order valence-electron chi connectivity index (χ0n) is 15.1. The van der Waals surface area contributed by atoms with E-state index in [2.05, 4.69) is 25.5 Å². The van der Waals surface area contributed by atoms with Crippen molar-refractivity contribution in [3.63, 3.8) is 0 Å². The molecule has 8 heteroatoms. The zero-order valence-corrected chi connectivity index (χ0v) is 15.1. The minimum atomic E-state index is -0.233. The Morgan fingerprint density at radius 2 is 2.15 bits per heavy atom. The van der Waals surface area contributed by atoms with Crippen molar-refractivity contribution in [1.82, 2.24) is 25.5 Å². The number of hydrogen-bond acceptors (Lipinski definition) is 6. The second-order valence-corrected chi connectivity index (χ2v) is 6.49.